The fourth-order valence-corrected chi connectivity index (χ4v) is 5.25. The maximum atomic E-state index is 13.6. The predicted molar refractivity (Wildman–Crippen MR) is 131 cm³/mol. The van der Waals surface area contributed by atoms with E-state index in [9.17, 15) is 24.4 Å². The second-order valence-corrected chi connectivity index (χ2v) is 10.8. The van der Waals surface area contributed by atoms with Crippen molar-refractivity contribution in [3.05, 3.63) is 57.7 Å². The summed E-state index contributed by atoms with van der Waals surface area (Å²) in [4.78, 5) is 26.2. The van der Waals surface area contributed by atoms with Crippen LogP contribution in [0.5, 0.6) is 5.75 Å². The number of carbonyl (C=O) groups is 1. The fraction of sp³-hybridized carbons (Fsp3) is 0.500. The third-order valence-corrected chi connectivity index (χ3v) is 7.25. The molecule has 1 saturated heterocycles. The first-order valence-electron chi connectivity index (χ1n) is 11.2. The van der Waals surface area contributed by atoms with Crippen LogP contribution >= 0.6 is 20.0 Å². The van der Waals surface area contributed by atoms with Gasteiger partial charge < -0.3 is 24.2 Å². The molecule has 2 heterocycles. The number of H-pyrrole nitrogens is 1. The highest BCUT2D eigenvalue weighted by Gasteiger charge is 2.53. The average molecular weight is 544 g/mol. The molecular formula is C22H30N3O9PS. The van der Waals surface area contributed by atoms with E-state index in [2.05, 4.69) is 10.1 Å². The number of esters is 1. The van der Waals surface area contributed by atoms with Crippen molar-refractivity contribution in [2.24, 2.45) is 0 Å². The highest BCUT2D eigenvalue weighted by atomic mass is 32.1. The minimum Gasteiger partial charge on any atom is -0.462 e. The third kappa shape index (κ3) is 6.68. The summed E-state index contributed by atoms with van der Waals surface area (Å²) >= 11 is 5.14. The Morgan fingerprint density at radius 1 is 1.31 bits per heavy atom. The highest BCUT2D eigenvalue weighted by molar-refractivity contribution is 7.71. The van der Waals surface area contributed by atoms with Crippen molar-refractivity contribution in [1.29, 1.82) is 0 Å². The van der Waals surface area contributed by atoms with E-state index in [1.54, 1.807) is 44.2 Å². The smallest absolute Gasteiger partial charge is 0.459 e. The van der Waals surface area contributed by atoms with Crippen LogP contribution in [0.1, 0.15) is 33.9 Å². The van der Waals surface area contributed by atoms with Gasteiger partial charge in [0.25, 0.3) is 5.56 Å². The molecular weight excluding hydrogens is 513 g/mol. The largest absolute Gasteiger partial charge is 0.462 e. The number of aromatic amines is 1. The molecule has 14 heteroatoms. The van der Waals surface area contributed by atoms with Crippen LogP contribution in [-0.4, -0.2) is 62.3 Å². The normalized spacial score (nSPS) is 26.4. The first-order valence-corrected chi connectivity index (χ1v) is 13.1. The molecule has 1 aliphatic rings. The van der Waals surface area contributed by atoms with E-state index in [4.69, 9.17) is 30.7 Å². The maximum Gasteiger partial charge on any atom is 0.459 e. The Labute approximate surface area is 212 Å². The number of aliphatic hydroxyl groups excluding tert-OH is 1. The van der Waals surface area contributed by atoms with Crippen LogP contribution in [0.3, 0.4) is 0 Å². The molecule has 0 spiro atoms. The van der Waals surface area contributed by atoms with Gasteiger partial charge in [0, 0.05) is 12.3 Å². The van der Waals surface area contributed by atoms with E-state index >= 15 is 0 Å². The van der Waals surface area contributed by atoms with Gasteiger partial charge in [0.1, 0.15) is 29.6 Å². The van der Waals surface area contributed by atoms with Crippen LogP contribution in [0.25, 0.3) is 0 Å². The third-order valence-electron chi connectivity index (χ3n) is 5.29. The number of benzene rings is 1. The van der Waals surface area contributed by atoms with Gasteiger partial charge in [-0.2, -0.15) is 5.09 Å². The molecule has 0 amide bonds. The molecule has 6 atom stereocenters. The predicted octanol–water partition coefficient (Wildman–Crippen LogP) is 2.05. The second kappa shape index (κ2) is 11.3. The average Bonchev–Trinajstić information content (AvgIpc) is 3.01. The number of nitrogens with one attached hydrogen (secondary N) is 2. The van der Waals surface area contributed by atoms with Gasteiger partial charge in [-0.25, -0.2) is 4.57 Å². The lowest BCUT2D eigenvalue weighted by molar-refractivity contribution is -0.149. The number of para-hydroxylation sites is 1. The summed E-state index contributed by atoms with van der Waals surface area (Å²) in [7, 11) is -4.22. The molecule has 0 radical (unpaired) electrons. The van der Waals surface area contributed by atoms with Gasteiger partial charge in [0.2, 0.25) is 0 Å². The topological polar surface area (TPSA) is 161 Å². The first kappa shape index (κ1) is 28.2. The molecule has 0 bridgehead atoms. The Kier molecular flexibility index (Phi) is 8.88. The Balaban J connectivity index is 1.80. The zero-order chi connectivity index (χ0) is 26.7. The molecule has 36 heavy (non-hydrogen) atoms. The molecule has 198 valence electrons. The summed E-state index contributed by atoms with van der Waals surface area (Å²) in [5, 5.41) is 24.2. The number of hydrogen-bond acceptors (Lipinski definition) is 10. The van der Waals surface area contributed by atoms with Crippen LogP contribution in [0.4, 0.5) is 0 Å². The standard InChI is InChI=1S/C22H30N3O9PS/c1-13(2)32-19(28)14(3)24-35(30,34-15-8-6-5-7-9-15)31-12-16-18(27)22(4,29)20(33-16)25-11-10-17(26)23-21(25)36/h5-11,13-14,16,18,20,27,29H,12H2,1-4H3,(H,24,30)(H,23,26,36)/t14-,16+,18-,20+,22?,35-/m0/s1. The molecule has 1 aromatic heterocycles. The molecule has 0 saturated carbocycles. The number of hydrogen-bond donors (Lipinski definition) is 4. The van der Waals surface area contributed by atoms with Crippen LogP contribution in [0, 0.1) is 4.77 Å². The van der Waals surface area contributed by atoms with Gasteiger partial charge in [0.05, 0.1) is 12.7 Å². The maximum absolute atomic E-state index is 13.6. The number of aliphatic hydroxyl groups is 2. The number of nitrogens with zero attached hydrogens (tertiary/aromatic N) is 1. The molecule has 1 fully saturated rings. The van der Waals surface area contributed by atoms with E-state index in [1.807, 2.05) is 0 Å². The quantitative estimate of drug-likeness (QED) is 0.197. The zero-order valence-electron chi connectivity index (χ0n) is 20.2. The first-order chi connectivity index (χ1) is 16.8. The molecule has 12 nitrogen and oxygen atoms in total. The van der Waals surface area contributed by atoms with Crippen molar-refractivity contribution < 1.29 is 38.1 Å². The number of rotatable bonds is 10. The minimum absolute atomic E-state index is 0.0289. The van der Waals surface area contributed by atoms with E-state index in [-0.39, 0.29) is 10.5 Å². The van der Waals surface area contributed by atoms with Gasteiger partial charge in [-0.15, -0.1) is 0 Å². The summed E-state index contributed by atoms with van der Waals surface area (Å²) < 4.78 is 37.0. The van der Waals surface area contributed by atoms with E-state index in [0.29, 0.717) is 0 Å². The number of aromatic nitrogens is 2. The highest BCUT2D eigenvalue weighted by Crippen LogP contribution is 2.47. The minimum atomic E-state index is -4.22. The van der Waals surface area contributed by atoms with Gasteiger partial charge in [-0.3, -0.25) is 23.7 Å². The summed E-state index contributed by atoms with van der Waals surface area (Å²) in [5.41, 5.74) is -2.29. The van der Waals surface area contributed by atoms with Gasteiger partial charge in [-0.1, -0.05) is 18.2 Å². The lowest BCUT2D eigenvalue weighted by atomic mass is 9.96. The second-order valence-electron chi connectivity index (χ2n) is 8.75. The molecule has 4 N–H and O–H groups in total. The van der Waals surface area contributed by atoms with Crippen molar-refractivity contribution in [3.8, 4) is 5.75 Å². The van der Waals surface area contributed by atoms with E-state index in [1.165, 1.54) is 30.7 Å². The monoisotopic (exact) mass is 543 g/mol. The van der Waals surface area contributed by atoms with Crippen molar-refractivity contribution in [2.45, 2.75) is 63.9 Å². The van der Waals surface area contributed by atoms with Crippen molar-refractivity contribution in [3.63, 3.8) is 0 Å². The van der Waals surface area contributed by atoms with Crippen LogP contribution in [0.15, 0.2) is 47.4 Å². The van der Waals surface area contributed by atoms with Crippen LogP contribution in [0.2, 0.25) is 0 Å². The summed E-state index contributed by atoms with van der Waals surface area (Å²) in [6.45, 7) is 5.63. The molecule has 1 unspecified atom stereocenters. The molecule has 1 aliphatic heterocycles. The van der Waals surface area contributed by atoms with Crippen LogP contribution < -0.4 is 15.2 Å². The Morgan fingerprint density at radius 3 is 2.58 bits per heavy atom. The van der Waals surface area contributed by atoms with Gasteiger partial charge in [0.15, 0.2) is 11.0 Å². The van der Waals surface area contributed by atoms with Crippen molar-refractivity contribution in [1.82, 2.24) is 14.6 Å². The van der Waals surface area contributed by atoms with Gasteiger partial charge >= 0.3 is 13.7 Å². The van der Waals surface area contributed by atoms with Crippen LogP contribution in [-0.2, 0) is 23.4 Å². The zero-order valence-corrected chi connectivity index (χ0v) is 21.9. The van der Waals surface area contributed by atoms with Gasteiger partial charge in [-0.05, 0) is 52.0 Å². The van der Waals surface area contributed by atoms with E-state index in [0.717, 1.165) is 0 Å². The Morgan fingerprint density at radius 2 is 1.97 bits per heavy atom. The fourth-order valence-electron chi connectivity index (χ4n) is 3.50. The van der Waals surface area contributed by atoms with Crippen molar-refractivity contribution >= 4 is 25.9 Å². The molecule has 2 aromatic rings. The van der Waals surface area contributed by atoms with Crippen molar-refractivity contribution in [2.75, 3.05) is 6.61 Å². The summed E-state index contributed by atoms with van der Waals surface area (Å²) in [5.74, 6) is -0.465. The Hall–Kier alpha value is -2.38. The molecule has 0 aliphatic carbocycles. The lowest BCUT2D eigenvalue weighted by Crippen LogP contribution is -2.45. The number of carbonyl (C=O) groups excluding carboxylic acids is 1. The lowest BCUT2D eigenvalue weighted by Gasteiger charge is -2.28. The Bertz CT molecular complexity index is 1220. The summed E-state index contributed by atoms with van der Waals surface area (Å²) in [6, 6.07) is 8.29. The van der Waals surface area contributed by atoms with E-state index < -0.39 is 62.1 Å². The SMILES string of the molecule is CC(C)OC(=O)[C@H](C)N[P@](=O)(OC[C@H]1O[C@@H](n2ccc(=O)[nH]c2=S)C(C)(O)[C@H]1O)Oc1ccccc1. The number of ether oxygens (including phenoxy) is 2. The molecule has 3 rings (SSSR count). The summed E-state index contributed by atoms with van der Waals surface area (Å²) in [6.07, 6.45) is -2.93. The molecule has 1 aromatic carbocycles.